The van der Waals surface area contributed by atoms with Crippen molar-refractivity contribution in [3.05, 3.63) is 101 Å². The average molecular weight is 489 g/mol. The number of halogens is 1. The molecule has 180 valence electrons. The zero-order valence-electron chi connectivity index (χ0n) is 20.3. The van der Waals surface area contributed by atoms with Crippen molar-refractivity contribution >= 4 is 22.4 Å². The molecule has 1 N–H and O–H groups in total. The molecule has 0 aliphatic carbocycles. The lowest BCUT2D eigenvalue weighted by molar-refractivity contribution is -0.124. The molecule has 0 fully saturated rings. The summed E-state index contributed by atoms with van der Waals surface area (Å²) in [5, 5.41) is 5.37. The van der Waals surface area contributed by atoms with Crippen LogP contribution in [0.1, 0.15) is 44.7 Å². The van der Waals surface area contributed by atoms with Gasteiger partial charge in [0.25, 0.3) is 0 Å². The monoisotopic (exact) mass is 488 g/mol. The third-order valence-electron chi connectivity index (χ3n) is 5.96. The third kappa shape index (κ3) is 5.60. The molecule has 0 aliphatic heterocycles. The highest BCUT2D eigenvalue weighted by Gasteiger charge is 2.39. The maximum Gasteiger partial charge on any atom is 0.232 e. The predicted molar refractivity (Wildman–Crippen MR) is 140 cm³/mol. The van der Waals surface area contributed by atoms with Crippen LogP contribution in [0.3, 0.4) is 0 Å². The Bertz CT molecular complexity index is 1270. The first-order valence-electron chi connectivity index (χ1n) is 11.6. The number of carbonyl (C=O) groups excluding carboxylic acids is 1. The number of benzene rings is 3. The number of nitrogens with one attached hydrogen (secondary N) is 1. The van der Waals surface area contributed by atoms with Gasteiger partial charge in [-0.05, 0) is 48.2 Å². The van der Waals surface area contributed by atoms with Crippen molar-refractivity contribution < 1.29 is 13.9 Å². The van der Waals surface area contributed by atoms with E-state index in [-0.39, 0.29) is 29.5 Å². The number of amides is 1. The molecule has 0 saturated heterocycles. The molecule has 4 aromatic rings. The zero-order chi connectivity index (χ0) is 25.0. The summed E-state index contributed by atoms with van der Waals surface area (Å²) in [6, 6.07) is 23.0. The highest BCUT2D eigenvalue weighted by Crippen LogP contribution is 2.42. The van der Waals surface area contributed by atoms with E-state index in [9.17, 15) is 9.18 Å². The molecule has 0 radical (unpaired) electrons. The van der Waals surface area contributed by atoms with Crippen molar-refractivity contribution in [1.29, 1.82) is 0 Å². The molecular weight excluding hydrogens is 459 g/mol. The first-order chi connectivity index (χ1) is 16.8. The van der Waals surface area contributed by atoms with Crippen molar-refractivity contribution in [2.75, 3.05) is 5.32 Å². The fourth-order valence-electron chi connectivity index (χ4n) is 4.24. The smallest absolute Gasteiger partial charge is 0.232 e. The molecular formula is C29H29FN2O2S. The van der Waals surface area contributed by atoms with Crippen molar-refractivity contribution in [2.45, 2.75) is 39.7 Å². The highest BCUT2D eigenvalue weighted by atomic mass is 32.1. The lowest BCUT2D eigenvalue weighted by atomic mass is 9.70. The normalized spacial score (nSPS) is 12.4. The molecule has 0 bridgehead atoms. The molecule has 1 atom stereocenters. The van der Waals surface area contributed by atoms with Gasteiger partial charge in [-0.25, -0.2) is 9.37 Å². The summed E-state index contributed by atoms with van der Waals surface area (Å²) in [7, 11) is 0. The molecule has 6 heteroatoms. The van der Waals surface area contributed by atoms with E-state index in [0.717, 1.165) is 22.3 Å². The Kier molecular flexibility index (Phi) is 7.31. The number of hydrogen-bond donors (Lipinski definition) is 1. The number of rotatable bonds is 8. The Morgan fingerprint density at radius 3 is 2.23 bits per heavy atom. The molecule has 1 aromatic heterocycles. The third-order valence-corrected chi connectivity index (χ3v) is 6.65. The van der Waals surface area contributed by atoms with Gasteiger partial charge in [0, 0.05) is 17.5 Å². The predicted octanol–water partition coefficient (Wildman–Crippen LogP) is 7.53. The Labute approximate surface area is 209 Å². The summed E-state index contributed by atoms with van der Waals surface area (Å²) < 4.78 is 20.1. The van der Waals surface area contributed by atoms with Crippen LogP contribution in [0.25, 0.3) is 11.1 Å². The quantitative estimate of drug-likeness (QED) is 0.279. The van der Waals surface area contributed by atoms with Gasteiger partial charge in [0.15, 0.2) is 16.7 Å². The number of ether oxygens (including phenoxy) is 1. The van der Waals surface area contributed by atoms with E-state index >= 15 is 0 Å². The number of thiazole rings is 1. The Hall–Kier alpha value is -3.51. The minimum absolute atomic E-state index is 0.0966. The first kappa shape index (κ1) is 24.6. The summed E-state index contributed by atoms with van der Waals surface area (Å²) in [4.78, 5) is 17.6. The Balaban J connectivity index is 1.66. The lowest BCUT2D eigenvalue weighted by Gasteiger charge is -2.34. The first-order valence-corrected chi connectivity index (χ1v) is 12.5. The van der Waals surface area contributed by atoms with Gasteiger partial charge in [0.05, 0.1) is 11.5 Å². The minimum atomic E-state index is -0.767. The van der Waals surface area contributed by atoms with Crippen LogP contribution < -0.4 is 10.1 Å². The van der Waals surface area contributed by atoms with Gasteiger partial charge < -0.3 is 10.1 Å². The van der Waals surface area contributed by atoms with E-state index in [1.54, 1.807) is 12.3 Å². The van der Waals surface area contributed by atoms with Gasteiger partial charge in [-0.15, -0.1) is 11.3 Å². The van der Waals surface area contributed by atoms with Gasteiger partial charge in [0.1, 0.15) is 0 Å². The second-order valence-electron chi connectivity index (χ2n) is 9.29. The lowest BCUT2D eigenvalue weighted by Crippen LogP contribution is -2.37. The van der Waals surface area contributed by atoms with Crippen LogP contribution in [0.15, 0.2) is 84.4 Å². The van der Waals surface area contributed by atoms with Crippen LogP contribution in [0, 0.1) is 11.2 Å². The molecule has 0 saturated carbocycles. The highest BCUT2D eigenvalue weighted by molar-refractivity contribution is 7.13. The molecule has 0 spiro atoms. The van der Waals surface area contributed by atoms with Gasteiger partial charge in [0.2, 0.25) is 5.91 Å². The fourth-order valence-corrected chi connectivity index (χ4v) is 4.77. The van der Waals surface area contributed by atoms with E-state index in [0.29, 0.717) is 5.13 Å². The topological polar surface area (TPSA) is 51.2 Å². The molecule has 3 aromatic carbocycles. The summed E-state index contributed by atoms with van der Waals surface area (Å²) in [6.45, 7) is 7.64. The second-order valence-corrected chi connectivity index (χ2v) is 10.2. The van der Waals surface area contributed by atoms with E-state index in [1.165, 1.54) is 17.4 Å². The molecule has 1 unspecified atom stereocenters. The van der Waals surface area contributed by atoms with E-state index in [2.05, 4.69) is 10.3 Å². The van der Waals surface area contributed by atoms with Crippen molar-refractivity contribution in [3.63, 3.8) is 0 Å². The maximum atomic E-state index is 14.6. The average Bonchev–Trinajstić information content (AvgIpc) is 3.34. The number of anilines is 1. The second kappa shape index (κ2) is 10.4. The van der Waals surface area contributed by atoms with Crippen LogP contribution >= 0.6 is 11.3 Å². The number of aromatic nitrogens is 1. The van der Waals surface area contributed by atoms with Crippen LogP contribution in [0.5, 0.6) is 5.75 Å². The zero-order valence-corrected chi connectivity index (χ0v) is 21.1. The van der Waals surface area contributed by atoms with Crippen molar-refractivity contribution in [1.82, 2.24) is 4.98 Å². The fraction of sp³-hybridized carbons (Fsp3) is 0.241. The van der Waals surface area contributed by atoms with Crippen LogP contribution in [0.2, 0.25) is 0 Å². The number of nitrogens with zero attached hydrogens (tertiary/aromatic N) is 1. The molecule has 4 rings (SSSR count). The van der Waals surface area contributed by atoms with Gasteiger partial charge in [-0.1, -0.05) is 74.5 Å². The summed E-state index contributed by atoms with van der Waals surface area (Å²) >= 11 is 1.39. The maximum absolute atomic E-state index is 14.6. The minimum Gasteiger partial charge on any atom is -0.488 e. The van der Waals surface area contributed by atoms with Crippen molar-refractivity contribution in [2.24, 2.45) is 5.41 Å². The number of hydrogen-bond acceptors (Lipinski definition) is 4. The Morgan fingerprint density at radius 2 is 1.63 bits per heavy atom. The summed E-state index contributed by atoms with van der Waals surface area (Å²) in [6.07, 6.45) is 1.58. The molecule has 1 amide bonds. The number of carbonyl (C=O) groups is 1. The van der Waals surface area contributed by atoms with E-state index in [4.69, 9.17) is 4.74 Å². The standard InChI is InChI=1S/C29H29FN2O2S/c1-19(2)34-25-15-14-23(18-24(25)30)20-10-12-22(13-11-20)26(21-8-6-5-7-9-21)29(3,4)27(33)32-28-31-16-17-35-28/h5-19,26H,1-4H3,(H,31,32,33). The van der Waals surface area contributed by atoms with Gasteiger partial charge in [-0.3, -0.25) is 4.79 Å². The van der Waals surface area contributed by atoms with Gasteiger partial charge >= 0.3 is 0 Å². The van der Waals surface area contributed by atoms with Crippen LogP contribution in [-0.4, -0.2) is 17.0 Å². The van der Waals surface area contributed by atoms with E-state index in [1.807, 2.05) is 93.7 Å². The molecule has 4 nitrogen and oxygen atoms in total. The van der Waals surface area contributed by atoms with Gasteiger partial charge in [-0.2, -0.15) is 0 Å². The SMILES string of the molecule is CC(C)Oc1ccc(-c2ccc(C(c3ccccc3)C(C)(C)C(=O)Nc3nccs3)cc2)cc1F. The van der Waals surface area contributed by atoms with Crippen LogP contribution in [0.4, 0.5) is 9.52 Å². The molecule has 35 heavy (non-hydrogen) atoms. The van der Waals surface area contributed by atoms with Crippen molar-refractivity contribution in [3.8, 4) is 16.9 Å². The largest absolute Gasteiger partial charge is 0.488 e. The van der Waals surface area contributed by atoms with Crippen LogP contribution in [-0.2, 0) is 4.79 Å². The molecule has 1 heterocycles. The summed E-state index contributed by atoms with van der Waals surface area (Å²) in [5.74, 6) is -0.440. The van der Waals surface area contributed by atoms with E-state index < -0.39 is 5.41 Å². The molecule has 0 aliphatic rings. The Morgan fingerprint density at radius 1 is 0.971 bits per heavy atom. The summed E-state index contributed by atoms with van der Waals surface area (Å²) in [5.41, 5.74) is 2.93.